The summed E-state index contributed by atoms with van der Waals surface area (Å²) in [5.74, 6) is 0. The minimum absolute atomic E-state index is 0.00276. The zero-order chi connectivity index (χ0) is 33.4. The normalized spacial score (nSPS) is 14.5. The molecule has 0 unspecified atom stereocenters. The van der Waals surface area contributed by atoms with Gasteiger partial charge in [0.1, 0.15) is 0 Å². The van der Waals surface area contributed by atoms with Crippen LogP contribution in [0.3, 0.4) is 0 Å². The molecule has 3 aliphatic rings. The first-order valence-corrected chi connectivity index (χ1v) is 18.0. The minimum Gasteiger partial charge on any atom is -0.375 e. The van der Waals surface area contributed by atoms with Gasteiger partial charge in [-0.15, -0.1) is 0 Å². The highest BCUT2D eigenvalue weighted by molar-refractivity contribution is 6.90. The maximum absolute atomic E-state index is 2.71. The van der Waals surface area contributed by atoms with E-state index in [2.05, 4.69) is 186 Å². The molecule has 4 heterocycles. The molecule has 0 amide bonds. The Hall–Kier alpha value is -6.32. The van der Waals surface area contributed by atoms with Crippen LogP contribution >= 0.6 is 0 Å². The number of nitrogens with zero attached hydrogens (tertiary/aromatic N) is 2. The first kappa shape index (κ1) is 27.5. The molecule has 0 bridgehead atoms. The van der Waals surface area contributed by atoms with E-state index < -0.39 is 5.41 Å². The first-order chi connectivity index (χ1) is 25.2. The van der Waals surface area contributed by atoms with Gasteiger partial charge in [-0.1, -0.05) is 158 Å². The van der Waals surface area contributed by atoms with E-state index in [1.54, 1.807) is 0 Å². The molecule has 0 aliphatic carbocycles. The van der Waals surface area contributed by atoms with Gasteiger partial charge in [-0.2, -0.15) is 0 Å². The standard InChI is InChI=1S/C48H31BN2/c1-30-28-38-36-21-12-20-35-37-27-26-31-14-8-9-19-34(31)45(37)51(46(35)36)49-41-24-13-23-40-47(41)50(43(29-30)44(38)49)42-25-11-10-22-39(42)48(40,32-15-4-2-5-16-32)33-17-6-3-7-18-33/h2-29H,1H3. The van der Waals surface area contributed by atoms with Gasteiger partial charge in [-0.25, -0.2) is 0 Å². The van der Waals surface area contributed by atoms with Gasteiger partial charge in [0.2, 0.25) is 0 Å². The van der Waals surface area contributed by atoms with E-state index in [1.165, 1.54) is 99.5 Å². The van der Waals surface area contributed by atoms with E-state index >= 15 is 0 Å². The number of aryl methyl sites for hydroxylation is 1. The first-order valence-electron chi connectivity index (χ1n) is 18.0. The maximum atomic E-state index is 2.71. The summed E-state index contributed by atoms with van der Waals surface area (Å²) in [5.41, 5.74) is 17.8. The molecule has 3 aliphatic heterocycles. The third-order valence-electron chi connectivity index (χ3n) is 12.0. The zero-order valence-electron chi connectivity index (χ0n) is 28.1. The Kier molecular flexibility index (Phi) is 5.22. The number of hydrogen-bond acceptors (Lipinski definition) is 1. The fourth-order valence-electron chi connectivity index (χ4n) is 10.2. The average molecular weight is 647 g/mol. The van der Waals surface area contributed by atoms with E-state index in [4.69, 9.17) is 0 Å². The Morgan fingerprint density at radius 2 is 1.16 bits per heavy atom. The van der Waals surface area contributed by atoms with Crippen molar-refractivity contribution in [3.8, 4) is 11.1 Å². The lowest BCUT2D eigenvalue weighted by Gasteiger charge is -2.50. The molecule has 9 aromatic rings. The van der Waals surface area contributed by atoms with Crippen LogP contribution in [0.4, 0.5) is 17.1 Å². The lowest BCUT2D eigenvalue weighted by molar-refractivity contribution is 0.732. The molecule has 0 saturated carbocycles. The lowest BCUT2D eigenvalue weighted by Crippen LogP contribution is -2.58. The number of para-hydroxylation sites is 3. The molecule has 236 valence electrons. The average Bonchev–Trinajstić information content (AvgIpc) is 3.53. The predicted octanol–water partition coefficient (Wildman–Crippen LogP) is 10.4. The minimum atomic E-state index is -0.515. The molecule has 0 spiro atoms. The summed E-state index contributed by atoms with van der Waals surface area (Å²) in [6.07, 6.45) is 0. The van der Waals surface area contributed by atoms with Crippen LogP contribution in [0.2, 0.25) is 0 Å². The van der Waals surface area contributed by atoms with Crippen molar-refractivity contribution in [1.82, 2.24) is 4.48 Å². The summed E-state index contributed by atoms with van der Waals surface area (Å²) >= 11 is 0. The Balaban J connectivity index is 1.31. The van der Waals surface area contributed by atoms with Crippen molar-refractivity contribution in [3.05, 3.63) is 198 Å². The van der Waals surface area contributed by atoms with Crippen LogP contribution in [0.15, 0.2) is 170 Å². The Morgan fingerprint density at radius 3 is 1.98 bits per heavy atom. The third kappa shape index (κ3) is 3.26. The maximum Gasteiger partial charge on any atom is 0.333 e. The Morgan fingerprint density at radius 1 is 0.490 bits per heavy atom. The molecule has 12 rings (SSSR count). The van der Waals surface area contributed by atoms with Gasteiger partial charge >= 0.3 is 6.85 Å². The highest BCUT2D eigenvalue weighted by Gasteiger charge is 2.52. The van der Waals surface area contributed by atoms with Crippen molar-refractivity contribution in [3.63, 3.8) is 0 Å². The Labute approximate surface area is 296 Å². The second-order valence-electron chi connectivity index (χ2n) is 14.5. The monoisotopic (exact) mass is 646 g/mol. The van der Waals surface area contributed by atoms with Crippen molar-refractivity contribution in [2.24, 2.45) is 0 Å². The predicted molar refractivity (Wildman–Crippen MR) is 214 cm³/mol. The smallest absolute Gasteiger partial charge is 0.333 e. The summed E-state index contributed by atoms with van der Waals surface area (Å²) in [6, 6.07) is 64.0. The molecule has 51 heavy (non-hydrogen) atoms. The number of rotatable bonds is 2. The van der Waals surface area contributed by atoms with E-state index in [9.17, 15) is 0 Å². The molecule has 0 N–H and O–H groups in total. The number of aromatic nitrogens is 1. The largest absolute Gasteiger partial charge is 0.375 e. The van der Waals surface area contributed by atoms with Crippen LogP contribution in [-0.2, 0) is 5.41 Å². The van der Waals surface area contributed by atoms with Gasteiger partial charge < -0.3 is 9.38 Å². The number of anilines is 3. The summed E-state index contributed by atoms with van der Waals surface area (Å²) in [5, 5.41) is 5.21. The molecule has 0 atom stereocenters. The number of fused-ring (bicyclic) bond motifs is 11. The van der Waals surface area contributed by atoms with E-state index in [0.717, 1.165) is 0 Å². The molecule has 0 radical (unpaired) electrons. The fourth-order valence-corrected chi connectivity index (χ4v) is 10.2. The van der Waals surface area contributed by atoms with Gasteiger partial charge in [0.15, 0.2) is 0 Å². The van der Waals surface area contributed by atoms with Gasteiger partial charge in [0, 0.05) is 44.1 Å². The fraction of sp³-hybridized carbons (Fsp3) is 0.0417. The second-order valence-corrected chi connectivity index (χ2v) is 14.5. The van der Waals surface area contributed by atoms with Gasteiger partial charge in [0.25, 0.3) is 0 Å². The van der Waals surface area contributed by atoms with Crippen molar-refractivity contribution < 1.29 is 0 Å². The van der Waals surface area contributed by atoms with Crippen LogP contribution in [0.25, 0.3) is 43.7 Å². The number of benzene rings is 8. The molecule has 2 nitrogen and oxygen atoms in total. The SMILES string of the molecule is Cc1cc2c3c(c1)N1c4ccccc4C(c4ccccc4)(c4ccccc4)c4cccc(c41)B3n1c3c-2cccc3c2ccc3ccccc3c21. The van der Waals surface area contributed by atoms with Crippen LogP contribution in [0.5, 0.6) is 0 Å². The van der Waals surface area contributed by atoms with Crippen LogP contribution in [0, 0.1) is 6.92 Å². The third-order valence-corrected chi connectivity index (χ3v) is 12.0. The highest BCUT2D eigenvalue weighted by atomic mass is 15.2. The zero-order valence-corrected chi connectivity index (χ0v) is 28.1. The summed E-state index contributed by atoms with van der Waals surface area (Å²) < 4.78 is 2.71. The van der Waals surface area contributed by atoms with E-state index in [-0.39, 0.29) is 6.85 Å². The van der Waals surface area contributed by atoms with Crippen LogP contribution < -0.4 is 15.8 Å². The molecule has 8 aromatic carbocycles. The van der Waals surface area contributed by atoms with Gasteiger partial charge in [-0.05, 0) is 68.7 Å². The van der Waals surface area contributed by atoms with Gasteiger partial charge in [0.05, 0.1) is 11.1 Å². The van der Waals surface area contributed by atoms with Crippen molar-refractivity contribution in [2.75, 3.05) is 4.90 Å². The highest BCUT2D eigenvalue weighted by Crippen LogP contribution is 2.58. The molecule has 1 aromatic heterocycles. The summed E-state index contributed by atoms with van der Waals surface area (Å²) in [6.45, 7) is 2.26. The summed E-state index contributed by atoms with van der Waals surface area (Å²) in [4.78, 5) is 2.61. The second kappa shape index (κ2) is 9.68. The van der Waals surface area contributed by atoms with Crippen LogP contribution in [-0.4, -0.2) is 11.3 Å². The molecular formula is C48H31BN2. The molecule has 3 heteroatoms. The number of hydrogen-bond donors (Lipinski definition) is 0. The van der Waals surface area contributed by atoms with Crippen molar-refractivity contribution in [1.29, 1.82) is 0 Å². The van der Waals surface area contributed by atoms with E-state index in [1.807, 2.05) is 0 Å². The molecule has 0 saturated heterocycles. The molecular weight excluding hydrogens is 615 g/mol. The lowest BCUT2D eigenvalue weighted by atomic mass is 9.43. The topological polar surface area (TPSA) is 8.17 Å². The van der Waals surface area contributed by atoms with Crippen LogP contribution in [0.1, 0.15) is 27.8 Å². The molecule has 0 fully saturated rings. The van der Waals surface area contributed by atoms with E-state index in [0.29, 0.717) is 0 Å². The Bertz CT molecular complexity index is 2900. The van der Waals surface area contributed by atoms with Crippen molar-refractivity contribution in [2.45, 2.75) is 12.3 Å². The van der Waals surface area contributed by atoms with Crippen molar-refractivity contribution >= 4 is 67.4 Å². The van der Waals surface area contributed by atoms with Gasteiger partial charge in [-0.3, -0.25) is 0 Å². The quantitative estimate of drug-likeness (QED) is 0.170. The summed E-state index contributed by atoms with van der Waals surface area (Å²) in [7, 11) is 0.